The van der Waals surface area contributed by atoms with E-state index in [1.165, 1.54) is 14.0 Å². The van der Waals surface area contributed by atoms with Crippen molar-refractivity contribution in [3.8, 4) is 0 Å². The number of nitrogens with one attached hydrogen (secondary N) is 1. The van der Waals surface area contributed by atoms with Gasteiger partial charge in [0.1, 0.15) is 16.8 Å². The fraction of sp³-hybridized carbons (Fsp3) is 0.333. The second kappa shape index (κ2) is 10.0. The van der Waals surface area contributed by atoms with Crippen LogP contribution in [-0.2, 0) is 20.3 Å². The van der Waals surface area contributed by atoms with Crippen molar-refractivity contribution in [2.75, 3.05) is 13.1 Å². The summed E-state index contributed by atoms with van der Waals surface area (Å²) in [5.41, 5.74) is 0.739. The second-order valence-electron chi connectivity index (χ2n) is 9.75. The Labute approximate surface area is 227 Å². The van der Waals surface area contributed by atoms with Gasteiger partial charge in [-0.05, 0) is 31.0 Å². The molecule has 1 saturated heterocycles. The normalized spacial score (nSPS) is 18.0. The average Bonchev–Trinajstić information content (AvgIpc) is 3.42. The van der Waals surface area contributed by atoms with E-state index in [9.17, 15) is 22.8 Å². The number of amides is 2. The Kier molecular flexibility index (Phi) is 6.88. The monoisotopic (exact) mass is 558 g/mol. The molecule has 0 saturated carbocycles. The molecule has 0 spiro atoms. The largest absolute Gasteiger partial charge is 0.420 e. The highest BCUT2D eigenvalue weighted by Gasteiger charge is 2.42. The van der Waals surface area contributed by atoms with Gasteiger partial charge in [0.25, 0.3) is 11.8 Å². The summed E-state index contributed by atoms with van der Waals surface area (Å²) >= 11 is 6.40. The van der Waals surface area contributed by atoms with Gasteiger partial charge in [-0.25, -0.2) is 4.98 Å². The highest BCUT2D eigenvalue weighted by Crippen LogP contribution is 2.35. The Balaban J connectivity index is 1.43. The molecule has 0 unspecified atom stereocenters. The van der Waals surface area contributed by atoms with Crippen molar-refractivity contribution in [1.29, 1.82) is 0 Å². The molecule has 1 aliphatic rings. The van der Waals surface area contributed by atoms with Gasteiger partial charge < -0.3 is 14.8 Å². The fourth-order valence-corrected chi connectivity index (χ4v) is 5.60. The maximum absolute atomic E-state index is 13.7. The number of aryl methyl sites for hydroxylation is 3. The number of rotatable bonds is 4. The SMILES string of the molecule is Cc1nn(C)c(C(=O)N[C@@H]2CCN(C(=O)c3cc(Cl)c4ncn(C)c4c3)C[C@@H]2c2ccccc2)c1C(F)(F)F. The van der Waals surface area contributed by atoms with Crippen LogP contribution >= 0.6 is 11.6 Å². The number of hydrogen-bond donors (Lipinski definition) is 1. The zero-order valence-corrected chi connectivity index (χ0v) is 22.2. The summed E-state index contributed by atoms with van der Waals surface area (Å²) in [7, 11) is 3.13. The standard InChI is InChI=1S/C27H26ClF3N6O2/c1-15-22(27(29,30)31)24(36(3)34-15)25(38)33-20-9-10-37(13-18(20)16-7-5-4-6-8-16)26(39)17-11-19(28)23-21(12-17)35(2)14-32-23/h4-8,11-12,14,18,20H,9-10,13H2,1-3H3,(H,33,38)/t18-,20-/m1/s1. The highest BCUT2D eigenvalue weighted by molar-refractivity contribution is 6.35. The van der Waals surface area contributed by atoms with E-state index >= 15 is 0 Å². The molecule has 1 fully saturated rings. The minimum atomic E-state index is -4.73. The molecule has 12 heteroatoms. The van der Waals surface area contributed by atoms with Crippen molar-refractivity contribution in [3.63, 3.8) is 0 Å². The molecule has 2 aromatic heterocycles. The molecule has 8 nitrogen and oxygen atoms in total. The molecular formula is C27H26ClF3N6O2. The van der Waals surface area contributed by atoms with E-state index in [-0.39, 0.29) is 24.1 Å². The molecule has 1 aliphatic heterocycles. The quantitative estimate of drug-likeness (QED) is 0.393. The minimum Gasteiger partial charge on any atom is -0.347 e. The van der Waals surface area contributed by atoms with Gasteiger partial charge in [-0.2, -0.15) is 18.3 Å². The van der Waals surface area contributed by atoms with E-state index in [1.54, 1.807) is 27.9 Å². The topological polar surface area (TPSA) is 85.1 Å². The molecule has 3 heterocycles. The summed E-state index contributed by atoms with van der Waals surface area (Å²) in [6, 6.07) is 12.1. The van der Waals surface area contributed by atoms with Gasteiger partial charge in [0.05, 0.1) is 22.6 Å². The Morgan fingerprint density at radius 1 is 1.13 bits per heavy atom. The first-order chi connectivity index (χ1) is 18.5. The third-order valence-corrected chi connectivity index (χ3v) is 7.48. The van der Waals surface area contributed by atoms with Crippen LogP contribution in [0.5, 0.6) is 0 Å². The van der Waals surface area contributed by atoms with Crippen LogP contribution in [0.25, 0.3) is 11.0 Å². The van der Waals surface area contributed by atoms with E-state index in [0.29, 0.717) is 29.1 Å². The number of hydrogen-bond acceptors (Lipinski definition) is 4. The smallest absolute Gasteiger partial charge is 0.347 e. The average molecular weight is 559 g/mol. The lowest BCUT2D eigenvalue weighted by molar-refractivity contribution is -0.138. The van der Waals surface area contributed by atoms with Crippen LogP contribution in [0, 0.1) is 6.92 Å². The molecular weight excluding hydrogens is 533 g/mol. The molecule has 0 bridgehead atoms. The Bertz CT molecular complexity index is 1560. The molecule has 2 aromatic carbocycles. The summed E-state index contributed by atoms with van der Waals surface area (Å²) in [6.45, 7) is 1.78. The van der Waals surface area contributed by atoms with E-state index in [1.807, 2.05) is 37.4 Å². The number of carbonyl (C=O) groups is 2. The lowest BCUT2D eigenvalue weighted by Gasteiger charge is -2.39. The molecule has 0 aliphatic carbocycles. The van der Waals surface area contributed by atoms with Crippen LogP contribution in [0.1, 0.15) is 50.0 Å². The molecule has 39 heavy (non-hydrogen) atoms. The first-order valence-electron chi connectivity index (χ1n) is 12.3. The van der Waals surface area contributed by atoms with Gasteiger partial charge in [0, 0.05) is 44.7 Å². The van der Waals surface area contributed by atoms with E-state index in [2.05, 4.69) is 15.4 Å². The third-order valence-electron chi connectivity index (χ3n) is 7.20. The Morgan fingerprint density at radius 3 is 2.54 bits per heavy atom. The zero-order chi connectivity index (χ0) is 28.1. The van der Waals surface area contributed by atoms with E-state index in [4.69, 9.17) is 11.6 Å². The van der Waals surface area contributed by atoms with Gasteiger partial charge in [-0.15, -0.1) is 0 Å². The molecule has 2 atom stereocenters. The number of carbonyl (C=O) groups excluding carboxylic acids is 2. The van der Waals surface area contributed by atoms with Crippen LogP contribution in [0.3, 0.4) is 0 Å². The molecule has 4 aromatic rings. The van der Waals surface area contributed by atoms with Crippen molar-refractivity contribution < 1.29 is 22.8 Å². The number of halogens is 4. The number of fused-ring (bicyclic) bond motifs is 1. The minimum absolute atomic E-state index is 0.229. The maximum atomic E-state index is 13.7. The first-order valence-corrected chi connectivity index (χ1v) is 12.7. The van der Waals surface area contributed by atoms with Gasteiger partial charge in [0.2, 0.25) is 0 Å². The predicted octanol–water partition coefficient (Wildman–Crippen LogP) is 4.72. The summed E-state index contributed by atoms with van der Waals surface area (Å²) in [5, 5.41) is 7.02. The number of aromatic nitrogens is 4. The summed E-state index contributed by atoms with van der Waals surface area (Å²) in [5.74, 6) is -1.44. The molecule has 0 radical (unpaired) electrons. The predicted molar refractivity (Wildman–Crippen MR) is 140 cm³/mol. The van der Waals surface area contributed by atoms with Crippen LogP contribution in [0.4, 0.5) is 13.2 Å². The second-order valence-corrected chi connectivity index (χ2v) is 10.2. The van der Waals surface area contributed by atoms with Crippen LogP contribution in [-0.4, -0.2) is 55.2 Å². The van der Waals surface area contributed by atoms with Gasteiger partial charge in [-0.1, -0.05) is 41.9 Å². The Morgan fingerprint density at radius 2 is 1.85 bits per heavy atom. The van der Waals surface area contributed by atoms with Gasteiger partial charge in [-0.3, -0.25) is 14.3 Å². The maximum Gasteiger partial charge on any atom is 0.420 e. The summed E-state index contributed by atoms with van der Waals surface area (Å²) in [6.07, 6.45) is -2.76. The number of alkyl halides is 3. The fourth-order valence-electron chi connectivity index (χ4n) is 5.34. The molecule has 1 N–H and O–H groups in total. The van der Waals surface area contributed by atoms with Crippen molar-refractivity contribution in [2.24, 2.45) is 14.1 Å². The molecule has 204 valence electrons. The third kappa shape index (κ3) is 4.98. The van der Waals surface area contributed by atoms with Crippen LogP contribution in [0.2, 0.25) is 5.02 Å². The van der Waals surface area contributed by atoms with Crippen molar-refractivity contribution in [2.45, 2.75) is 31.5 Å². The molecule has 5 rings (SSSR count). The Hall–Kier alpha value is -3.86. The number of piperidine rings is 1. The first kappa shape index (κ1) is 26.7. The van der Waals surface area contributed by atoms with Crippen LogP contribution in [0.15, 0.2) is 48.8 Å². The summed E-state index contributed by atoms with van der Waals surface area (Å²) < 4.78 is 44.0. The van der Waals surface area contributed by atoms with E-state index in [0.717, 1.165) is 15.8 Å². The van der Waals surface area contributed by atoms with Crippen LogP contribution < -0.4 is 5.32 Å². The van der Waals surface area contributed by atoms with E-state index < -0.39 is 29.4 Å². The van der Waals surface area contributed by atoms with Crippen molar-refractivity contribution >= 4 is 34.4 Å². The zero-order valence-electron chi connectivity index (χ0n) is 21.5. The molecule has 2 amide bonds. The number of nitrogens with zero attached hydrogens (tertiary/aromatic N) is 5. The number of imidazole rings is 1. The van der Waals surface area contributed by atoms with Gasteiger partial charge in [0.15, 0.2) is 0 Å². The van der Waals surface area contributed by atoms with Crippen molar-refractivity contribution in [1.82, 2.24) is 29.5 Å². The number of likely N-dealkylation sites (tertiary alicyclic amines) is 1. The number of benzene rings is 2. The highest BCUT2D eigenvalue weighted by atomic mass is 35.5. The van der Waals surface area contributed by atoms with Crippen molar-refractivity contribution in [3.05, 3.63) is 81.9 Å². The lowest BCUT2D eigenvalue weighted by atomic mass is 9.85. The van der Waals surface area contributed by atoms with Gasteiger partial charge >= 0.3 is 6.18 Å². The lowest BCUT2D eigenvalue weighted by Crippen LogP contribution is -2.51. The summed E-state index contributed by atoms with van der Waals surface area (Å²) in [4.78, 5) is 32.7.